The van der Waals surface area contributed by atoms with E-state index < -0.39 is 23.3 Å². The fourth-order valence-electron chi connectivity index (χ4n) is 1.98. The second-order valence-corrected chi connectivity index (χ2v) is 5.51. The van der Waals surface area contributed by atoms with Crippen molar-refractivity contribution in [3.05, 3.63) is 23.5 Å². The lowest BCUT2D eigenvalue weighted by molar-refractivity contribution is -0.222. The number of carbonyl (C=O) groups excluding carboxylic acids is 2. The number of unbranched alkanes of at least 4 members (excludes halogenated alkanes) is 3. The van der Waals surface area contributed by atoms with E-state index in [1.807, 2.05) is 12.2 Å². The largest absolute Gasteiger partial charge is 0.511 e. The SMILES string of the molecule is CCCCC/C=C/CCC(O)=C1C(=O)OC(C)(C)OC1=O. The molecule has 1 N–H and O–H groups in total. The summed E-state index contributed by atoms with van der Waals surface area (Å²) < 4.78 is 9.86. The molecule has 0 aromatic carbocycles. The zero-order chi connectivity index (χ0) is 15.9. The molecule has 1 aliphatic rings. The summed E-state index contributed by atoms with van der Waals surface area (Å²) in [6, 6.07) is 0. The first-order valence-electron chi connectivity index (χ1n) is 7.41. The van der Waals surface area contributed by atoms with Gasteiger partial charge in [0.2, 0.25) is 0 Å². The van der Waals surface area contributed by atoms with Gasteiger partial charge in [-0.05, 0) is 19.3 Å². The van der Waals surface area contributed by atoms with Crippen LogP contribution < -0.4 is 0 Å². The summed E-state index contributed by atoms with van der Waals surface area (Å²) in [5, 5.41) is 9.87. The molecule has 1 rings (SSSR count). The van der Waals surface area contributed by atoms with Gasteiger partial charge in [-0.25, -0.2) is 9.59 Å². The maximum Gasteiger partial charge on any atom is 0.352 e. The third-order valence-corrected chi connectivity index (χ3v) is 3.06. The first-order valence-corrected chi connectivity index (χ1v) is 7.41. The predicted molar refractivity (Wildman–Crippen MR) is 78.4 cm³/mol. The highest BCUT2D eigenvalue weighted by atomic mass is 16.7. The summed E-state index contributed by atoms with van der Waals surface area (Å²) in [7, 11) is 0. The van der Waals surface area contributed by atoms with Gasteiger partial charge in [-0.2, -0.15) is 0 Å². The number of aliphatic hydroxyl groups excluding tert-OH is 1. The molecule has 0 radical (unpaired) electrons. The maximum atomic E-state index is 11.7. The van der Waals surface area contributed by atoms with E-state index in [9.17, 15) is 14.7 Å². The van der Waals surface area contributed by atoms with E-state index in [2.05, 4.69) is 6.92 Å². The van der Waals surface area contributed by atoms with E-state index in [-0.39, 0.29) is 12.2 Å². The van der Waals surface area contributed by atoms with Crippen LogP contribution in [0.15, 0.2) is 23.5 Å². The van der Waals surface area contributed by atoms with Gasteiger partial charge in [0.25, 0.3) is 5.79 Å². The molecule has 0 saturated carbocycles. The summed E-state index contributed by atoms with van der Waals surface area (Å²) in [5.74, 6) is -3.23. The number of cyclic esters (lactones) is 2. The topological polar surface area (TPSA) is 72.8 Å². The molecule has 0 aliphatic carbocycles. The molecule has 1 saturated heterocycles. The highest BCUT2D eigenvalue weighted by Crippen LogP contribution is 2.25. The number of ether oxygens (including phenoxy) is 2. The molecule has 1 fully saturated rings. The molecule has 5 nitrogen and oxygen atoms in total. The van der Waals surface area contributed by atoms with E-state index in [0.29, 0.717) is 6.42 Å². The second-order valence-electron chi connectivity index (χ2n) is 5.51. The standard InChI is InChI=1S/C16H24O5/c1-4-5-6-7-8-9-10-11-12(17)13-14(18)20-16(2,3)21-15(13)19/h8-9,17H,4-7,10-11H2,1-3H3/b9-8+. The quantitative estimate of drug-likeness (QED) is 0.194. The van der Waals surface area contributed by atoms with Gasteiger partial charge in [-0.1, -0.05) is 31.9 Å². The molecule has 0 amide bonds. The average Bonchev–Trinajstić information content (AvgIpc) is 2.35. The normalized spacial score (nSPS) is 17.8. The smallest absolute Gasteiger partial charge is 0.352 e. The first kappa shape index (κ1) is 17.3. The summed E-state index contributed by atoms with van der Waals surface area (Å²) >= 11 is 0. The number of esters is 2. The molecule has 0 unspecified atom stereocenters. The Kier molecular flexibility index (Phi) is 6.46. The average molecular weight is 296 g/mol. The fraction of sp³-hybridized carbons (Fsp3) is 0.625. The molecule has 5 heteroatoms. The Morgan fingerprint density at radius 3 is 2.24 bits per heavy atom. The van der Waals surface area contributed by atoms with Gasteiger partial charge < -0.3 is 14.6 Å². The molecule has 1 heterocycles. The molecule has 0 bridgehead atoms. The van der Waals surface area contributed by atoms with Gasteiger partial charge in [0.15, 0.2) is 5.57 Å². The molecular formula is C16H24O5. The van der Waals surface area contributed by atoms with Crippen molar-refractivity contribution in [2.75, 3.05) is 0 Å². The van der Waals surface area contributed by atoms with Gasteiger partial charge in [0, 0.05) is 20.3 Å². The van der Waals surface area contributed by atoms with Crippen molar-refractivity contribution in [1.82, 2.24) is 0 Å². The lowest BCUT2D eigenvalue weighted by Crippen LogP contribution is -2.42. The number of carbonyl (C=O) groups is 2. The number of aliphatic hydroxyl groups is 1. The van der Waals surface area contributed by atoms with Gasteiger partial charge in [-0.15, -0.1) is 0 Å². The Bertz CT molecular complexity index is 424. The van der Waals surface area contributed by atoms with E-state index in [0.717, 1.165) is 12.8 Å². The zero-order valence-electron chi connectivity index (χ0n) is 13.0. The van der Waals surface area contributed by atoms with E-state index in [1.165, 1.54) is 26.7 Å². The van der Waals surface area contributed by atoms with Gasteiger partial charge in [0.05, 0.1) is 0 Å². The van der Waals surface area contributed by atoms with Crippen LogP contribution >= 0.6 is 0 Å². The molecule has 0 aromatic heterocycles. The molecule has 0 atom stereocenters. The van der Waals surface area contributed by atoms with Crippen molar-refractivity contribution in [2.45, 2.75) is 65.1 Å². The third kappa shape index (κ3) is 5.61. The van der Waals surface area contributed by atoms with Crippen LogP contribution in [0.5, 0.6) is 0 Å². The van der Waals surface area contributed by atoms with Crippen LogP contribution in [0.3, 0.4) is 0 Å². The van der Waals surface area contributed by atoms with Crippen LogP contribution in [-0.2, 0) is 19.1 Å². The number of rotatable bonds is 7. The monoisotopic (exact) mass is 296 g/mol. The zero-order valence-corrected chi connectivity index (χ0v) is 13.0. The van der Waals surface area contributed by atoms with Crippen LogP contribution in [0.25, 0.3) is 0 Å². The highest BCUT2D eigenvalue weighted by molar-refractivity contribution is 6.15. The minimum Gasteiger partial charge on any atom is -0.511 e. The molecule has 118 valence electrons. The minimum absolute atomic E-state index is 0.213. The Balaban J connectivity index is 2.51. The van der Waals surface area contributed by atoms with Gasteiger partial charge >= 0.3 is 11.9 Å². The Morgan fingerprint density at radius 2 is 1.67 bits per heavy atom. The van der Waals surface area contributed by atoms with Crippen molar-refractivity contribution < 1.29 is 24.2 Å². The lowest BCUT2D eigenvalue weighted by atomic mass is 10.1. The van der Waals surface area contributed by atoms with Crippen LogP contribution in [-0.4, -0.2) is 22.8 Å². The van der Waals surface area contributed by atoms with Crippen molar-refractivity contribution in [1.29, 1.82) is 0 Å². The van der Waals surface area contributed by atoms with Crippen molar-refractivity contribution in [2.24, 2.45) is 0 Å². The highest BCUT2D eigenvalue weighted by Gasteiger charge is 2.40. The summed E-state index contributed by atoms with van der Waals surface area (Å²) in [4.78, 5) is 23.4. The summed E-state index contributed by atoms with van der Waals surface area (Å²) in [6.45, 7) is 5.09. The second kappa shape index (κ2) is 7.86. The van der Waals surface area contributed by atoms with Crippen LogP contribution in [0.4, 0.5) is 0 Å². The van der Waals surface area contributed by atoms with E-state index in [1.54, 1.807) is 0 Å². The Labute approximate surface area is 125 Å². The van der Waals surface area contributed by atoms with Crippen molar-refractivity contribution in [3.8, 4) is 0 Å². The van der Waals surface area contributed by atoms with Crippen LogP contribution in [0.1, 0.15) is 59.3 Å². The third-order valence-electron chi connectivity index (χ3n) is 3.06. The van der Waals surface area contributed by atoms with E-state index in [4.69, 9.17) is 9.47 Å². The fourth-order valence-corrected chi connectivity index (χ4v) is 1.98. The molecule has 21 heavy (non-hydrogen) atoms. The molecular weight excluding hydrogens is 272 g/mol. The van der Waals surface area contributed by atoms with Crippen LogP contribution in [0, 0.1) is 0 Å². The Morgan fingerprint density at radius 1 is 1.10 bits per heavy atom. The summed E-state index contributed by atoms with van der Waals surface area (Å²) in [5.41, 5.74) is -0.395. The first-order chi connectivity index (χ1) is 9.87. The van der Waals surface area contributed by atoms with Crippen molar-refractivity contribution in [3.63, 3.8) is 0 Å². The van der Waals surface area contributed by atoms with Crippen LogP contribution in [0.2, 0.25) is 0 Å². The predicted octanol–water partition coefficient (Wildman–Crippen LogP) is 3.55. The van der Waals surface area contributed by atoms with Gasteiger partial charge in [-0.3, -0.25) is 0 Å². The number of hydrogen-bond donors (Lipinski definition) is 1. The Hall–Kier alpha value is -1.78. The maximum absolute atomic E-state index is 11.7. The molecule has 0 spiro atoms. The van der Waals surface area contributed by atoms with E-state index >= 15 is 0 Å². The number of allylic oxidation sites excluding steroid dienone is 3. The van der Waals surface area contributed by atoms with Gasteiger partial charge in [0.1, 0.15) is 5.76 Å². The lowest BCUT2D eigenvalue weighted by Gasteiger charge is -2.30. The number of hydrogen-bond acceptors (Lipinski definition) is 5. The minimum atomic E-state index is -1.28. The molecule has 0 aromatic rings. The van der Waals surface area contributed by atoms with Crippen molar-refractivity contribution >= 4 is 11.9 Å². The summed E-state index contributed by atoms with van der Waals surface area (Å²) in [6.07, 6.45) is 9.30. The molecule has 1 aliphatic heterocycles.